The first-order valence-corrected chi connectivity index (χ1v) is 4.91. The number of carbonyl (C=O) groups is 1. The number of Topliss-reactive ketones (excluding diaryl/α,β-unsaturated/α-hetero) is 1. The van der Waals surface area contributed by atoms with E-state index >= 15 is 0 Å². The summed E-state index contributed by atoms with van der Waals surface area (Å²) in [7, 11) is 0. The summed E-state index contributed by atoms with van der Waals surface area (Å²) in [6.07, 6.45) is 2.48. The molecule has 0 N–H and O–H groups in total. The molecule has 0 aliphatic rings. The van der Waals surface area contributed by atoms with Crippen molar-refractivity contribution in [3.63, 3.8) is 0 Å². The van der Waals surface area contributed by atoms with Gasteiger partial charge in [-0.3, -0.25) is 4.79 Å². The second-order valence-corrected chi connectivity index (χ2v) is 2.95. The Morgan fingerprint density at radius 1 is 1.60 bits per heavy atom. The van der Waals surface area contributed by atoms with Gasteiger partial charge in [0, 0.05) is 17.3 Å². The van der Waals surface area contributed by atoms with Crippen LogP contribution in [0.1, 0.15) is 26.2 Å². The van der Waals surface area contributed by atoms with Crippen LogP contribution in [-0.4, -0.2) is 10.2 Å². The maximum atomic E-state index is 10.6. The van der Waals surface area contributed by atoms with Crippen molar-refractivity contribution < 1.29 is 4.79 Å². The molecule has 10 heavy (non-hydrogen) atoms. The van der Waals surface area contributed by atoms with E-state index in [-0.39, 0.29) is 5.78 Å². The molecule has 0 unspecified atom stereocenters. The summed E-state index contributed by atoms with van der Waals surface area (Å²) >= 11 is 2.30. The molecule has 0 aromatic heterocycles. The summed E-state index contributed by atoms with van der Waals surface area (Å²) in [5.74, 6) is 5.46. The standard InChI is InChI=1S/C8H11IO/c1-2-8(10)6-4-3-5-7-9/h2-3,5,7H2,1H3. The van der Waals surface area contributed by atoms with Gasteiger partial charge in [0.25, 0.3) is 0 Å². The van der Waals surface area contributed by atoms with E-state index in [1.165, 1.54) is 0 Å². The molecular weight excluding hydrogens is 239 g/mol. The number of ketones is 1. The Balaban J connectivity index is 3.39. The Morgan fingerprint density at radius 3 is 2.80 bits per heavy atom. The highest BCUT2D eigenvalue weighted by molar-refractivity contribution is 14.1. The molecule has 0 aliphatic heterocycles. The Kier molecular flexibility index (Phi) is 7.04. The van der Waals surface area contributed by atoms with Crippen molar-refractivity contribution in [1.82, 2.24) is 0 Å². The summed E-state index contributed by atoms with van der Waals surface area (Å²) in [4.78, 5) is 10.6. The van der Waals surface area contributed by atoms with Gasteiger partial charge in [-0.25, -0.2) is 0 Å². The maximum Gasteiger partial charge on any atom is 0.205 e. The van der Waals surface area contributed by atoms with Gasteiger partial charge in [-0.15, -0.1) is 0 Å². The lowest BCUT2D eigenvalue weighted by atomic mass is 10.3. The quantitative estimate of drug-likeness (QED) is 0.247. The zero-order valence-electron chi connectivity index (χ0n) is 6.11. The van der Waals surface area contributed by atoms with Crippen LogP contribution < -0.4 is 0 Å². The third-order valence-corrected chi connectivity index (χ3v) is 1.75. The first-order chi connectivity index (χ1) is 4.81. The fourth-order valence-electron chi connectivity index (χ4n) is 0.405. The first-order valence-electron chi connectivity index (χ1n) is 3.39. The molecule has 0 amide bonds. The second-order valence-electron chi connectivity index (χ2n) is 1.87. The fourth-order valence-corrected chi connectivity index (χ4v) is 0.786. The van der Waals surface area contributed by atoms with Crippen LogP contribution in [0, 0.1) is 11.8 Å². The van der Waals surface area contributed by atoms with E-state index in [1.54, 1.807) is 0 Å². The zero-order chi connectivity index (χ0) is 7.82. The molecule has 0 bridgehead atoms. The van der Waals surface area contributed by atoms with Gasteiger partial charge in [0.05, 0.1) is 0 Å². The third kappa shape index (κ3) is 6.09. The topological polar surface area (TPSA) is 17.1 Å². The first kappa shape index (κ1) is 9.96. The van der Waals surface area contributed by atoms with Crippen molar-refractivity contribution in [2.45, 2.75) is 26.2 Å². The van der Waals surface area contributed by atoms with Gasteiger partial charge in [0.2, 0.25) is 5.78 Å². The Labute approximate surface area is 75.7 Å². The Morgan fingerprint density at radius 2 is 2.30 bits per heavy atom. The fraction of sp³-hybridized carbons (Fsp3) is 0.625. The summed E-state index contributed by atoms with van der Waals surface area (Å²) in [6.45, 7) is 1.83. The van der Waals surface area contributed by atoms with E-state index in [2.05, 4.69) is 34.4 Å². The molecule has 0 saturated heterocycles. The van der Waals surface area contributed by atoms with E-state index in [9.17, 15) is 4.79 Å². The van der Waals surface area contributed by atoms with Crippen LogP contribution in [-0.2, 0) is 4.79 Å². The molecule has 2 heteroatoms. The number of hydrogen-bond acceptors (Lipinski definition) is 1. The average molecular weight is 250 g/mol. The van der Waals surface area contributed by atoms with Gasteiger partial charge in [-0.05, 0) is 12.3 Å². The predicted molar refractivity (Wildman–Crippen MR) is 51.2 cm³/mol. The molecule has 0 heterocycles. The zero-order valence-corrected chi connectivity index (χ0v) is 8.27. The molecule has 0 rings (SSSR count). The van der Waals surface area contributed by atoms with Crippen LogP contribution >= 0.6 is 22.6 Å². The SMILES string of the molecule is CCC(=O)C#CCCCI. The minimum Gasteiger partial charge on any atom is -0.285 e. The van der Waals surface area contributed by atoms with Crippen LogP contribution in [0.15, 0.2) is 0 Å². The molecule has 0 aromatic carbocycles. The largest absolute Gasteiger partial charge is 0.285 e. The molecule has 0 aromatic rings. The molecular formula is C8H11IO. The molecule has 0 spiro atoms. The molecule has 0 saturated carbocycles. The van der Waals surface area contributed by atoms with Crippen molar-refractivity contribution in [3.05, 3.63) is 0 Å². The molecule has 0 aliphatic carbocycles. The van der Waals surface area contributed by atoms with E-state index in [1.807, 2.05) is 6.92 Å². The molecule has 0 atom stereocenters. The number of alkyl halides is 1. The van der Waals surface area contributed by atoms with Gasteiger partial charge in [0.15, 0.2) is 0 Å². The number of rotatable bonds is 3. The lowest BCUT2D eigenvalue weighted by Crippen LogP contribution is -1.87. The number of unbranched alkanes of at least 4 members (excludes halogenated alkanes) is 1. The number of carbonyl (C=O) groups excluding carboxylic acids is 1. The summed E-state index contributed by atoms with van der Waals surface area (Å²) < 4.78 is 1.12. The molecule has 0 radical (unpaired) electrons. The molecule has 1 nitrogen and oxygen atoms in total. The summed E-state index contributed by atoms with van der Waals surface area (Å²) in [5.41, 5.74) is 0. The predicted octanol–water partition coefficient (Wildman–Crippen LogP) is 2.18. The van der Waals surface area contributed by atoms with Crippen molar-refractivity contribution in [2.24, 2.45) is 0 Å². The molecule has 0 fully saturated rings. The lowest BCUT2D eigenvalue weighted by molar-refractivity contribution is -0.113. The summed E-state index contributed by atoms with van der Waals surface area (Å²) in [5, 5.41) is 0. The maximum absolute atomic E-state index is 10.6. The highest BCUT2D eigenvalue weighted by Gasteiger charge is 1.86. The average Bonchev–Trinajstić information content (AvgIpc) is 1.98. The van der Waals surface area contributed by atoms with Crippen LogP contribution in [0.2, 0.25) is 0 Å². The summed E-state index contributed by atoms with van der Waals surface area (Å²) in [6, 6.07) is 0. The van der Waals surface area contributed by atoms with Crippen molar-refractivity contribution in [2.75, 3.05) is 4.43 Å². The smallest absolute Gasteiger partial charge is 0.205 e. The highest BCUT2D eigenvalue weighted by Crippen LogP contribution is 1.91. The minimum atomic E-state index is 0.0495. The van der Waals surface area contributed by atoms with Gasteiger partial charge in [-0.1, -0.05) is 35.4 Å². The number of hydrogen-bond donors (Lipinski definition) is 0. The normalized spacial score (nSPS) is 8.20. The number of halogens is 1. The van der Waals surface area contributed by atoms with E-state index < -0.39 is 0 Å². The van der Waals surface area contributed by atoms with E-state index in [0.717, 1.165) is 17.3 Å². The van der Waals surface area contributed by atoms with Crippen LogP contribution in [0.3, 0.4) is 0 Å². The lowest BCUT2D eigenvalue weighted by Gasteiger charge is -1.82. The van der Waals surface area contributed by atoms with Crippen molar-refractivity contribution in [3.8, 4) is 11.8 Å². The third-order valence-electron chi connectivity index (χ3n) is 0.984. The second kappa shape index (κ2) is 7.07. The monoisotopic (exact) mass is 250 g/mol. The van der Waals surface area contributed by atoms with Crippen molar-refractivity contribution >= 4 is 28.4 Å². The van der Waals surface area contributed by atoms with Gasteiger partial charge >= 0.3 is 0 Å². The van der Waals surface area contributed by atoms with E-state index in [4.69, 9.17) is 0 Å². The molecule has 56 valence electrons. The minimum absolute atomic E-state index is 0.0495. The van der Waals surface area contributed by atoms with Gasteiger partial charge < -0.3 is 0 Å². The van der Waals surface area contributed by atoms with Crippen molar-refractivity contribution in [1.29, 1.82) is 0 Å². The van der Waals surface area contributed by atoms with Crippen LogP contribution in [0.25, 0.3) is 0 Å². The van der Waals surface area contributed by atoms with Gasteiger partial charge in [0.1, 0.15) is 0 Å². The van der Waals surface area contributed by atoms with Crippen LogP contribution in [0.4, 0.5) is 0 Å². The van der Waals surface area contributed by atoms with Crippen LogP contribution in [0.5, 0.6) is 0 Å². The Hall–Kier alpha value is -0.0400. The highest BCUT2D eigenvalue weighted by atomic mass is 127. The van der Waals surface area contributed by atoms with E-state index in [0.29, 0.717) is 6.42 Å². The van der Waals surface area contributed by atoms with Gasteiger partial charge in [-0.2, -0.15) is 0 Å². The Bertz CT molecular complexity index is 152.